The minimum absolute atomic E-state index is 0. The number of likely N-dealkylation sites (N-methyl/N-ethyl adjacent to an activating group) is 1. The molecule has 0 heterocycles. The van der Waals surface area contributed by atoms with Crippen LogP contribution in [0.25, 0.3) is 5.57 Å². The molecule has 1 aromatic carbocycles. The summed E-state index contributed by atoms with van der Waals surface area (Å²) in [6.45, 7) is 7.27. The summed E-state index contributed by atoms with van der Waals surface area (Å²) in [5.74, 6) is 1.42. The second-order valence-corrected chi connectivity index (χ2v) is 5.67. The van der Waals surface area contributed by atoms with Crippen molar-refractivity contribution in [2.45, 2.75) is 27.2 Å². The molecule has 1 aliphatic carbocycles. The van der Waals surface area contributed by atoms with Crippen LogP contribution in [0.3, 0.4) is 0 Å². The van der Waals surface area contributed by atoms with Crippen molar-refractivity contribution >= 4 is 30.4 Å². The molecule has 0 aromatic heterocycles. The SMILES string of the molecule is CN(C)CC1=CCC(c2[c-]cccc2)=C1.CO.C[C-](C)C.Cl.Cl.[Ti+2]. The van der Waals surface area contributed by atoms with Crippen molar-refractivity contribution in [2.75, 3.05) is 27.7 Å². The molecule has 0 unspecified atom stereocenters. The van der Waals surface area contributed by atoms with Gasteiger partial charge >= 0.3 is 21.7 Å². The van der Waals surface area contributed by atoms with Gasteiger partial charge in [-0.05, 0) is 26.1 Å². The monoisotopic (exact) mass is 407 g/mol. The van der Waals surface area contributed by atoms with Crippen molar-refractivity contribution in [1.29, 1.82) is 0 Å². The van der Waals surface area contributed by atoms with E-state index in [0.29, 0.717) is 0 Å². The van der Waals surface area contributed by atoms with Crippen molar-refractivity contribution in [2.24, 2.45) is 0 Å². The summed E-state index contributed by atoms with van der Waals surface area (Å²) < 4.78 is 0. The minimum Gasteiger partial charge on any atom is -0.400 e. The van der Waals surface area contributed by atoms with Gasteiger partial charge in [-0.2, -0.15) is 20.8 Å². The van der Waals surface area contributed by atoms with Gasteiger partial charge in [-0.15, -0.1) is 66.3 Å². The number of halogens is 2. The number of nitrogens with zero attached hydrogens (tertiary/aromatic N) is 1. The number of hydrogen-bond donors (Lipinski definition) is 1. The summed E-state index contributed by atoms with van der Waals surface area (Å²) in [5, 5.41) is 7.00. The van der Waals surface area contributed by atoms with Crippen molar-refractivity contribution in [1.82, 2.24) is 4.90 Å². The van der Waals surface area contributed by atoms with Gasteiger partial charge in [0, 0.05) is 13.7 Å². The quantitative estimate of drug-likeness (QED) is 0.572. The predicted octanol–water partition coefficient (Wildman–Crippen LogP) is 4.83. The zero-order valence-electron chi connectivity index (χ0n) is 15.6. The number of aliphatic hydroxyl groups excluding tert-OH is 1. The van der Waals surface area contributed by atoms with E-state index in [0.717, 1.165) is 20.1 Å². The van der Waals surface area contributed by atoms with Crippen LogP contribution >= 0.6 is 24.8 Å². The molecule has 2 rings (SSSR count). The predicted molar refractivity (Wildman–Crippen MR) is 107 cm³/mol. The first kappa shape index (κ1) is 31.7. The number of rotatable bonds is 3. The molecule has 0 aliphatic heterocycles. The Kier molecular flexibility index (Phi) is 25.4. The normalized spacial score (nSPS) is 11.4. The van der Waals surface area contributed by atoms with Crippen LogP contribution in [0.5, 0.6) is 0 Å². The minimum atomic E-state index is 0. The Balaban J connectivity index is -0.000000197. The fourth-order valence-corrected chi connectivity index (χ4v) is 1.84. The van der Waals surface area contributed by atoms with Crippen molar-refractivity contribution < 1.29 is 26.8 Å². The van der Waals surface area contributed by atoms with E-state index in [-0.39, 0.29) is 46.5 Å². The van der Waals surface area contributed by atoms with Crippen LogP contribution < -0.4 is 0 Å². The van der Waals surface area contributed by atoms with E-state index in [2.05, 4.69) is 70.1 Å². The van der Waals surface area contributed by atoms with E-state index in [9.17, 15) is 0 Å². The molecule has 0 atom stereocenters. The molecule has 1 aliphatic rings. The van der Waals surface area contributed by atoms with Crippen molar-refractivity contribution in [3.05, 3.63) is 59.5 Å². The van der Waals surface area contributed by atoms with Crippen LogP contribution in [0.15, 0.2) is 42.0 Å². The summed E-state index contributed by atoms with van der Waals surface area (Å²) in [7, 11) is 5.20. The maximum Gasteiger partial charge on any atom is 2.00 e. The van der Waals surface area contributed by atoms with Crippen molar-refractivity contribution in [3.8, 4) is 0 Å². The molecule has 2 nitrogen and oxygen atoms in total. The summed E-state index contributed by atoms with van der Waals surface area (Å²) in [5.41, 5.74) is 4.02. The number of hydrogen-bond acceptors (Lipinski definition) is 2. The Labute approximate surface area is 176 Å². The van der Waals surface area contributed by atoms with Gasteiger partial charge in [-0.1, -0.05) is 12.2 Å². The summed E-state index contributed by atoms with van der Waals surface area (Å²) in [4.78, 5) is 2.19. The first-order valence-corrected chi connectivity index (χ1v) is 7.22. The molecule has 0 fully saturated rings. The molecule has 0 saturated heterocycles. The molecule has 5 heteroatoms. The fraction of sp³-hybridized carbons (Fsp3) is 0.421. The topological polar surface area (TPSA) is 23.5 Å². The van der Waals surface area contributed by atoms with Gasteiger partial charge < -0.3 is 15.9 Å². The smallest absolute Gasteiger partial charge is 0.400 e. The van der Waals surface area contributed by atoms with Gasteiger partial charge in [0.2, 0.25) is 0 Å². The molecule has 24 heavy (non-hydrogen) atoms. The number of allylic oxidation sites excluding steroid dienone is 2. The summed E-state index contributed by atoms with van der Waals surface area (Å²) >= 11 is 0. The second kappa shape index (κ2) is 19.2. The first-order valence-electron chi connectivity index (χ1n) is 7.22. The Morgan fingerprint density at radius 1 is 1.12 bits per heavy atom. The van der Waals surface area contributed by atoms with Crippen LogP contribution in [0.1, 0.15) is 32.8 Å². The Morgan fingerprint density at radius 2 is 1.67 bits per heavy atom. The zero-order valence-corrected chi connectivity index (χ0v) is 18.8. The Bertz CT molecular complexity index is 443. The van der Waals surface area contributed by atoms with Gasteiger partial charge in [-0.25, -0.2) is 0 Å². The van der Waals surface area contributed by atoms with E-state index in [1.54, 1.807) is 0 Å². The summed E-state index contributed by atoms with van der Waals surface area (Å²) in [6.07, 6.45) is 5.63. The molecule has 0 spiro atoms. The van der Waals surface area contributed by atoms with Gasteiger partial charge in [0.15, 0.2) is 0 Å². The fourth-order valence-electron chi connectivity index (χ4n) is 1.84. The van der Waals surface area contributed by atoms with E-state index in [1.807, 2.05) is 12.1 Å². The third-order valence-corrected chi connectivity index (χ3v) is 2.50. The van der Waals surface area contributed by atoms with Crippen LogP contribution in [0.4, 0.5) is 0 Å². The average molecular weight is 408 g/mol. The van der Waals surface area contributed by atoms with Crippen LogP contribution in [-0.4, -0.2) is 37.8 Å². The molecular formula is C19H31Cl2NOTi. The van der Waals surface area contributed by atoms with Gasteiger partial charge in [0.1, 0.15) is 0 Å². The molecular weight excluding hydrogens is 377 g/mol. The maximum atomic E-state index is 7.00. The van der Waals surface area contributed by atoms with E-state index in [4.69, 9.17) is 5.11 Å². The first-order chi connectivity index (χ1) is 9.99. The Morgan fingerprint density at radius 3 is 2.08 bits per heavy atom. The van der Waals surface area contributed by atoms with Crippen LogP contribution in [0.2, 0.25) is 0 Å². The molecule has 136 valence electrons. The standard InChI is InChI=1S/C14H16N.C4H9.CH4O.2ClH.Ti/c1-15(2)11-12-8-9-14(10-12)13-6-4-3-5-7-13;1-4(2)3;1-2;;;/h3-6,8,10H,9,11H2,1-2H3;1-3H3;2H,1H3;2*1H;/q2*-1;;;;+2. The van der Waals surface area contributed by atoms with E-state index < -0.39 is 0 Å². The van der Waals surface area contributed by atoms with Crippen LogP contribution in [0, 0.1) is 12.0 Å². The number of benzene rings is 1. The molecule has 0 saturated carbocycles. The van der Waals surface area contributed by atoms with Gasteiger partial charge in [0.25, 0.3) is 0 Å². The maximum absolute atomic E-state index is 7.00. The largest absolute Gasteiger partial charge is 2.00 e. The number of aliphatic hydroxyl groups is 1. The van der Waals surface area contributed by atoms with Gasteiger partial charge in [0.05, 0.1) is 0 Å². The van der Waals surface area contributed by atoms with Crippen molar-refractivity contribution in [3.63, 3.8) is 0 Å². The zero-order chi connectivity index (χ0) is 16.3. The molecule has 0 bridgehead atoms. The molecule has 1 N–H and O–H groups in total. The second-order valence-electron chi connectivity index (χ2n) is 5.67. The van der Waals surface area contributed by atoms with Crippen LogP contribution in [-0.2, 0) is 21.7 Å². The molecule has 0 radical (unpaired) electrons. The summed E-state index contributed by atoms with van der Waals surface area (Å²) in [6, 6.07) is 11.4. The Hall–Kier alpha value is -0.0857. The average Bonchev–Trinajstić information content (AvgIpc) is 2.89. The third kappa shape index (κ3) is 15.4. The molecule has 1 aromatic rings. The molecule has 0 amide bonds. The van der Waals surface area contributed by atoms with E-state index >= 15 is 0 Å². The third-order valence-electron chi connectivity index (χ3n) is 2.50. The van der Waals surface area contributed by atoms with E-state index in [1.165, 1.54) is 22.6 Å². The van der Waals surface area contributed by atoms with Gasteiger partial charge in [-0.3, -0.25) is 0 Å².